The third-order valence-corrected chi connectivity index (χ3v) is 3.72. The number of likely N-dealkylation sites (N-methyl/N-ethyl adjacent to an activating group) is 1. The molecule has 1 aromatic rings. The van der Waals surface area contributed by atoms with Crippen LogP contribution >= 0.6 is 0 Å². The molecule has 104 valence electrons. The number of nitrogens with one attached hydrogen (secondary N) is 1. The van der Waals surface area contributed by atoms with Crippen molar-refractivity contribution in [3.05, 3.63) is 35.1 Å². The van der Waals surface area contributed by atoms with Gasteiger partial charge in [0.1, 0.15) is 5.82 Å². The number of carbonyl (C=O) groups excluding carboxylic acids is 1. The molecule has 0 bridgehead atoms. The van der Waals surface area contributed by atoms with Crippen LogP contribution < -0.4 is 5.32 Å². The Balaban J connectivity index is 2.17. The standard InChI is InChI=1S/C15H21FN2O/c1-3-18(13-5-4-8-17-10-13)15(19)12-6-7-14(16)11(2)9-12/h6-7,9,13,17H,3-5,8,10H2,1-2H3. The van der Waals surface area contributed by atoms with E-state index in [4.69, 9.17) is 0 Å². The van der Waals surface area contributed by atoms with E-state index >= 15 is 0 Å². The van der Waals surface area contributed by atoms with Crippen LogP contribution in [-0.4, -0.2) is 36.5 Å². The molecule has 0 aliphatic carbocycles. The van der Waals surface area contributed by atoms with E-state index in [-0.39, 0.29) is 17.8 Å². The van der Waals surface area contributed by atoms with Gasteiger partial charge in [-0.1, -0.05) is 0 Å². The normalized spacial score (nSPS) is 19.2. The largest absolute Gasteiger partial charge is 0.335 e. The molecule has 19 heavy (non-hydrogen) atoms. The van der Waals surface area contributed by atoms with Crippen LogP contribution in [0.15, 0.2) is 18.2 Å². The highest BCUT2D eigenvalue weighted by Crippen LogP contribution is 2.16. The number of hydrogen-bond acceptors (Lipinski definition) is 2. The first-order chi connectivity index (χ1) is 9.13. The van der Waals surface area contributed by atoms with E-state index in [1.807, 2.05) is 11.8 Å². The molecule has 1 saturated heterocycles. The fraction of sp³-hybridized carbons (Fsp3) is 0.533. The molecule has 1 heterocycles. The number of piperidine rings is 1. The lowest BCUT2D eigenvalue weighted by molar-refractivity contribution is 0.0662. The Bertz CT molecular complexity index is 455. The number of halogens is 1. The highest BCUT2D eigenvalue weighted by molar-refractivity contribution is 5.94. The molecule has 1 atom stereocenters. The van der Waals surface area contributed by atoms with Crippen molar-refractivity contribution in [2.45, 2.75) is 32.7 Å². The Morgan fingerprint density at radius 1 is 1.53 bits per heavy atom. The molecular formula is C15H21FN2O. The van der Waals surface area contributed by atoms with E-state index in [9.17, 15) is 9.18 Å². The Hall–Kier alpha value is -1.42. The van der Waals surface area contributed by atoms with Gasteiger partial charge in [-0.25, -0.2) is 4.39 Å². The predicted octanol–water partition coefficient (Wildman–Crippen LogP) is 2.35. The molecule has 1 unspecified atom stereocenters. The quantitative estimate of drug-likeness (QED) is 0.909. The van der Waals surface area contributed by atoms with Gasteiger partial charge in [0.25, 0.3) is 5.91 Å². The van der Waals surface area contributed by atoms with E-state index < -0.39 is 0 Å². The first kappa shape index (κ1) is 14.0. The second-order valence-electron chi connectivity index (χ2n) is 5.06. The molecule has 4 heteroatoms. The third-order valence-electron chi connectivity index (χ3n) is 3.72. The van der Waals surface area contributed by atoms with Crippen molar-refractivity contribution in [2.75, 3.05) is 19.6 Å². The Labute approximate surface area is 113 Å². The van der Waals surface area contributed by atoms with Crippen molar-refractivity contribution in [1.82, 2.24) is 10.2 Å². The third kappa shape index (κ3) is 3.13. The number of hydrogen-bond donors (Lipinski definition) is 1. The van der Waals surface area contributed by atoms with Crippen molar-refractivity contribution in [3.63, 3.8) is 0 Å². The van der Waals surface area contributed by atoms with Crippen molar-refractivity contribution < 1.29 is 9.18 Å². The Kier molecular flexibility index (Phi) is 4.53. The maximum atomic E-state index is 13.3. The highest BCUT2D eigenvalue weighted by atomic mass is 19.1. The molecule has 0 radical (unpaired) electrons. The van der Waals surface area contributed by atoms with Crippen LogP contribution in [0.3, 0.4) is 0 Å². The average molecular weight is 264 g/mol. The summed E-state index contributed by atoms with van der Waals surface area (Å²) in [7, 11) is 0. The number of carbonyl (C=O) groups is 1. The molecule has 1 N–H and O–H groups in total. The smallest absolute Gasteiger partial charge is 0.254 e. The molecule has 2 rings (SSSR count). The monoisotopic (exact) mass is 264 g/mol. The summed E-state index contributed by atoms with van der Waals surface area (Å²) in [6.45, 7) is 6.23. The summed E-state index contributed by atoms with van der Waals surface area (Å²) in [5, 5.41) is 3.32. The van der Waals surface area contributed by atoms with Gasteiger partial charge in [-0.3, -0.25) is 4.79 Å². The summed E-state index contributed by atoms with van der Waals surface area (Å²) in [6, 6.07) is 4.83. The van der Waals surface area contributed by atoms with Gasteiger partial charge in [-0.05, 0) is 57.0 Å². The lowest BCUT2D eigenvalue weighted by atomic mass is 10.0. The first-order valence-electron chi connectivity index (χ1n) is 6.91. The number of nitrogens with zero attached hydrogens (tertiary/aromatic N) is 1. The summed E-state index contributed by atoms with van der Waals surface area (Å²) < 4.78 is 13.3. The molecule has 3 nitrogen and oxygen atoms in total. The summed E-state index contributed by atoms with van der Waals surface area (Å²) >= 11 is 0. The molecule has 1 aliphatic rings. The average Bonchev–Trinajstić information content (AvgIpc) is 2.44. The predicted molar refractivity (Wildman–Crippen MR) is 73.7 cm³/mol. The lowest BCUT2D eigenvalue weighted by Crippen LogP contribution is -2.48. The highest BCUT2D eigenvalue weighted by Gasteiger charge is 2.25. The fourth-order valence-electron chi connectivity index (χ4n) is 2.61. The minimum absolute atomic E-state index is 0.000648. The van der Waals surface area contributed by atoms with Crippen LogP contribution in [0, 0.1) is 12.7 Å². The maximum absolute atomic E-state index is 13.3. The zero-order valence-corrected chi connectivity index (χ0v) is 11.6. The van der Waals surface area contributed by atoms with Crippen LogP contribution in [0.5, 0.6) is 0 Å². The van der Waals surface area contributed by atoms with Crippen molar-refractivity contribution in [2.24, 2.45) is 0 Å². The lowest BCUT2D eigenvalue weighted by Gasteiger charge is -2.34. The van der Waals surface area contributed by atoms with E-state index in [0.29, 0.717) is 17.7 Å². The summed E-state index contributed by atoms with van der Waals surface area (Å²) in [6.07, 6.45) is 2.13. The SMILES string of the molecule is CCN(C(=O)c1ccc(F)c(C)c1)C1CCCNC1. The molecule has 1 amide bonds. The number of aryl methyl sites for hydroxylation is 1. The molecular weight excluding hydrogens is 243 g/mol. The van der Waals surface area contributed by atoms with Gasteiger partial charge >= 0.3 is 0 Å². The van der Waals surface area contributed by atoms with E-state index in [1.165, 1.54) is 6.07 Å². The molecule has 0 saturated carbocycles. The van der Waals surface area contributed by atoms with Crippen molar-refractivity contribution in [3.8, 4) is 0 Å². The van der Waals surface area contributed by atoms with Gasteiger partial charge in [0.2, 0.25) is 0 Å². The van der Waals surface area contributed by atoms with Gasteiger partial charge in [0.05, 0.1) is 0 Å². The van der Waals surface area contributed by atoms with Gasteiger partial charge in [0.15, 0.2) is 0 Å². The van der Waals surface area contributed by atoms with E-state index in [1.54, 1.807) is 19.1 Å². The minimum atomic E-state index is -0.265. The summed E-state index contributed by atoms with van der Waals surface area (Å²) in [5.41, 5.74) is 1.09. The number of benzene rings is 1. The molecule has 0 spiro atoms. The Morgan fingerprint density at radius 2 is 2.32 bits per heavy atom. The molecule has 1 fully saturated rings. The van der Waals surface area contributed by atoms with E-state index in [0.717, 1.165) is 25.9 Å². The van der Waals surface area contributed by atoms with Crippen LogP contribution in [0.2, 0.25) is 0 Å². The second-order valence-corrected chi connectivity index (χ2v) is 5.06. The summed E-state index contributed by atoms with van der Waals surface area (Å²) in [5.74, 6) is -0.266. The number of rotatable bonds is 3. The number of amides is 1. The fourth-order valence-corrected chi connectivity index (χ4v) is 2.61. The topological polar surface area (TPSA) is 32.3 Å². The van der Waals surface area contributed by atoms with Gasteiger partial charge in [-0.15, -0.1) is 0 Å². The zero-order valence-electron chi connectivity index (χ0n) is 11.6. The Morgan fingerprint density at radius 3 is 2.89 bits per heavy atom. The zero-order chi connectivity index (χ0) is 13.8. The molecule has 1 aromatic carbocycles. The van der Waals surface area contributed by atoms with Gasteiger partial charge < -0.3 is 10.2 Å². The minimum Gasteiger partial charge on any atom is -0.335 e. The van der Waals surface area contributed by atoms with Crippen LogP contribution in [0.1, 0.15) is 35.7 Å². The second kappa shape index (κ2) is 6.15. The molecule has 0 aromatic heterocycles. The summed E-state index contributed by atoms with van der Waals surface area (Å²) in [4.78, 5) is 14.4. The van der Waals surface area contributed by atoms with Gasteiger partial charge in [-0.2, -0.15) is 0 Å². The van der Waals surface area contributed by atoms with E-state index in [2.05, 4.69) is 5.32 Å². The van der Waals surface area contributed by atoms with Crippen LogP contribution in [-0.2, 0) is 0 Å². The van der Waals surface area contributed by atoms with Crippen molar-refractivity contribution >= 4 is 5.91 Å². The van der Waals surface area contributed by atoms with Gasteiger partial charge in [0, 0.05) is 24.7 Å². The molecule has 1 aliphatic heterocycles. The first-order valence-corrected chi connectivity index (χ1v) is 6.91. The van der Waals surface area contributed by atoms with Crippen LogP contribution in [0.25, 0.3) is 0 Å². The van der Waals surface area contributed by atoms with Crippen LogP contribution in [0.4, 0.5) is 4.39 Å². The van der Waals surface area contributed by atoms with Crippen molar-refractivity contribution in [1.29, 1.82) is 0 Å². The maximum Gasteiger partial charge on any atom is 0.254 e.